The highest BCUT2D eigenvalue weighted by Crippen LogP contribution is 2.23. The van der Waals surface area contributed by atoms with Crippen molar-refractivity contribution in [3.63, 3.8) is 0 Å². The quantitative estimate of drug-likeness (QED) is 0.716. The molecular formula is C16H26BrNO2S. The van der Waals surface area contributed by atoms with Gasteiger partial charge in [0.15, 0.2) is 0 Å². The van der Waals surface area contributed by atoms with Crippen molar-refractivity contribution in [3.8, 4) is 0 Å². The maximum Gasteiger partial charge on any atom is 0.147 e. The van der Waals surface area contributed by atoms with Gasteiger partial charge in [0.05, 0.1) is 0 Å². The highest BCUT2D eigenvalue weighted by Gasteiger charge is 2.13. The van der Waals surface area contributed by atoms with Crippen molar-refractivity contribution in [1.29, 1.82) is 0 Å². The standard InChI is InChI=1S/C16H26BrNO2S/c1-13(2)11-18-12-15(5-4-10-21(3,19)20)14-6-8-16(17)9-7-14/h6-9,13,15,18H,4-5,10-12H2,1-3H3. The summed E-state index contributed by atoms with van der Waals surface area (Å²) in [5.74, 6) is 1.25. The summed E-state index contributed by atoms with van der Waals surface area (Å²) in [7, 11) is -2.87. The van der Waals surface area contributed by atoms with Gasteiger partial charge in [-0.15, -0.1) is 0 Å². The molecule has 0 aliphatic rings. The Labute approximate surface area is 137 Å². The van der Waals surface area contributed by atoms with Gasteiger partial charge in [-0.3, -0.25) is 0 Å². The summed E-state index contributed by atoms with van der Waals surface area (Å²) in [4.78, 5) is 0. The summed E-state index contributed by atoms with van der Waals surface area (Å²) in [6.07, 6.45) is 2.90. The predicted octanol–water partition coefficient (Wildman–Crippen LogP) is 3.60. The highest BCUT2D eigenvalue weighted by molar-refractivity contribution is 9.10. The van der Waals surface area contributed by atoms with Crippen molar-refractivity contribution in [2.75, 3.05) is 25.1 Å². The van der Waals surface area contributed by atoms with Crippen molar-refractivity contribution < 1.29 is 8.42 Å². The maximum atomic E-state index is 11.3. The minimum Gasteiger partial charge on any atom is -0.316 e. The van der Waals surface area contributed by atoms with E-state index in [0.29, 0.717) is 18.3 Å². The Morgan fingerprint density at radius 1 is 1.14 bits per heavy atom. The predicted molar refractivity (Wildman–Crippen MR) is 93.5 cm³/mol. The van der Waals surface area contributed by atoms with Gasteiger partial charge >= 0.3 is 0 Å². The van der Waals surface area contributed by atoms with E-state index in [9.17, 15) is 8.42 Å². The molecular weight excluding hydrogens is 350 g/mol. The Hall–Kier alpha value is -0.390. The van der Waals surface area contributed by atoms with Crippen LogP contribution in [0.4, 0.5) is 0 Å². The first-order chi connectivity index (χ1) is 9.78. The largest absolute Gasteiger partial charge is 0.316 e. The van der Waals surface area contributed by atoms with Crippen LogP contribution in [0.3, 0.4) is 0 Å². The Balaban J connectivity index is 2.63. The molecule has 0 saturated carbocycles. The number of halogens is 1. The molecule has 1 aromatic carbocycles. The zero-order valence-electron chi connectivity index (χ0n) is 13.1. The number of nitrogens with one attached hydrogen (secondary N) is 1. The van der Waals surface area contributed by atoms with Gasteiger partial charge in [-0.25, -0.2) is 8.42 Å². The number of hydrogen-bond donors (Lipinski definition) is 1. The third-order valence-corrected chi connectivity index (χ3v) is 4.91. The minimum absolute atomic E-state index is 0.268. The summed E-state index contributed by atoms with van der Waals surface area (Å²) >= 11 is 3.45. The van der Waals surface area contributed by atoms with Gasteiger partial charge in [0, 0.05) is 23.0 Å². The molecule has 0 radical (unpaired) electrons. The van der Waals surface area contributed by atoms with E-state index >= 15 is 0 Å². The Bertz CT molecular complexity index is 512. The van der Waals surface area contributed by atoms with Crippen LogP contribution in [0.2, 0.25) is 0 Å². The van der Waals surface area contributed by atoms with E-state index in [0.717, 1.165) is 24.0 Å². The van der Waals surface area contributed by atoms with Crippen molar-refractivity contribution >= 4 is 25.8 Å². The molecule has 0 fully saturated rings. The molecule has 0 amide bonds. The molecule has 0 saturated heterocycles. The van der Waals surface area contributed by atoms with Gasteiger partial charge in [-0.05, 0) is 48.9 Å². The molecule has 0 aliphatic carbocycles. The third kappa shape index (κ3) is 8.59. The average Bonchev–Trinajstić information content (AvgIpc) is 2.36. The molecule has 0 heterocycles. The lowest BCUT2D eigenvalue weighted by molar-refractivity contribution is 0.497. The fraction of sp³-hybridized carbons (Fsp3) is 0.625. The molecule has 1 aromatic rings. The summed E-state index contributed by atoms with van der Waals surface area (Å²) in [5.41, 5.74) is 1.27. The van der Waals surface area contributed by atoms with Crippen molar-refractivity contribution in [1.82, 2.24) is 5.32 Å². The van der Waals surface area contributed by atoms with Crippen LogP contribution in [0.1, 0.15) is 38.2 Å². The van der Waals surface area contributed by atoms with Crippen LogP contribution in [0.15, 0.2) is 28.7 Å². The smallest absolute Gasteiger partial charge is 0.147 e. The monoisotopic (exact) mass is 375 g/mol. The summed E-state index contributed by atoms with van der Waals surface area (Å²) in [5, 5.41) is 3.48. The number of benzene rings is 1. The van der Waals surface area contributed by atoms with Gasteiger partial charge in [-0.1, -0.05) is 41.9 Å². The zero-order valence-corrected chi connectivity index (χ0v) is 15.5. The second-order valence-electron chi connectivity index (χ2n) is 6.07. The molecule has 1 N–H and O–H groups in total. The van der Waals surface area contributed by atoms with E-state index in [1.165, 1.54) is 11.8 Å². The van der Waals surface area contributed by atoms with Crippen molar-refractivity contribution in [2.24, 2.45) is 5.92 Å². The summed E-state index contributed by atoms with van der Waals surface area (Å²) < 4.78 is 23.6. The average molecular weight is 376 g/mol. The molecule has 0 spiro atoms. The first-order valence-corrected chi connectivity index (χ1v) is 10.3. The number of rotatable bonds is 9. The van der Waals surface area contributed by atoms with Gasteiger partial charge in [0.1, 0.15) is 9.84 Å². The van der Waals surface area contributed by atoms with Gasteiger partial charge in [0.25, 0.3) is 0 Å². The van der Waals surface area contributed by atoms with E-state index < -0.39 is 9.84 Å². The van der Waals surface area contributed by atoms with Crippen LogP contribution < -0.4 is 5.32 Å². The van der Waals surface area contributed by atoms with E-state index in [4.69, 9.17) is 0 Å². The Morgan fingerprint density at radius 2 is 1.76 bits per heavy atom. The Kier molecular flexibility index (Phi) is 7.92. The van der Waals surface area contributed by atoms with Crippen molar-refractivity contribution in [3.05, 3.63) is 34.3 Å². The van der Waals surface area contributed by atoms with E-state index in [-0.39, 0.29) is 5.75 Å². The number of hydrogen-bond acceptors (Lipinski definition) is 3. The topological polar surface area (TPSA) is 46.2 Å². The first kappa shape index (κ1) is 18.7. The molecule has 1 unspecified atom stereocenters. The van der Waals surface area contributed by atoms with Crippen LogP contribution >= 0.6 is 15.9 Å². The minimum atomic E-state index is -2.87. The lowest BCUT2D eigenvalue weighted by Gasteiger charge is -2.19. The fourth-order valence-electron chi connectivity index (χ4n) is 2.26. The normalized spacial score (nSPS) is 13.6. The molecule has 5 heteroatoms. The van der Waals surface area contributed by atoms with Crippen LogP contribution in [-0.2, 0) is 9.84 Å². The van der Waals surface area contributed by atoms with Crippen LogP contribution in [-0.4, -0.2) is 33.5 Å². The molecule has 1 rings (SSSR count). The fourth-order valence-corrected chi connectivity index (χ4v) is 3.22. The lowest BCUT2D eigenvalue weighted by atomic mass is 9.94. The SMILES string of the molecule is CC(C)CNCC(CCCS(C)(=O)=O)c1ccc(Br)cc1. The number of sulfone groups is 1. The molecule has 1 atom stereocenters. The van der Waals surface area contributed by atoms with E-state index in [1.807, 2.05) is 12.1 Å². The van der Waals surface area contributed by atoms with Gasteiger partial charge in [0.2, 0.25) is 0 Å². The molecule has 21 heavy (non-hydrogen) atoms. The van der Waals surface area contributed by atoms with Gasteiger partial charge < -0.3 is 5.32 Å². The molecule has 120 valence electrons. The van der Waals surface area contributed by atoms with Crippen LogP contribution in [0.5, 0.6) is 0 Å². The second kappa shape index (κ2) is 8.91. The van der Waals surface area contributed by atoms with Crippen LogP contribution in [0.25, 0.3) is 0 Å². The maximum absolute atomic E-state index is 11.3. The van der Waals surface area contributed by atoms with Crippen LogP contribution in [0, 0.1) is 5.92 Å². The van der Waals surface area contributed by atoms with E-state index in [1.54, 1.807) is 0 Å². The summed E-state index contributed by atoms with van der Waals surface area (Å²) in [6.45, 7) is 6.25. The molecule has 0 aliphatic heterocycles. The highest BCUT2D eigenvalue weighted by atomic mass is 79.9. The van der Waals surface area contributed by atoms with Gasteiger partial charge in [-0.2, -0.15) is 0 Å². The lowest BCUT2D eigenvalue weighted by Crippen LogP contribution is -2.25. The van der Waals surface area contributed by atoms with Crippen molar-refractivity contribution in [2.45, 2.75) is 32.6 Å². The molecule has 3 nitrogen and oxygen atoms in total. The first-order valence-electron chi connectivity index (χ1n) is 7.42. The Morgan fingerprint density at radius 3 is 2.29 bits per heavy atom. The zero-order chi connectivity index (χ0) is 15.9. The third-order valence-electron chi connectivity index (χ3n) is 3.35. The molecule has 0 bridgehead atoms. The second-order valence-corrected chi connectivity index (χ2v) is 9.25. The van der Waals surface area contributed by atoms with E-state index in [2.05, 4.69) is 47.2 Å². The summed E-state index contributed by atoms with van der Waals surface area (Å²) in [6, 6.07) is 8.32. The molecule has 0 aromatic heterocycles.